The van der Waals surface area contributed by atoms with Crippen LogP contribution in [0.3, 0.4) is 0 Å². The van der Waals surface area contributed by atoms with Gasteiger partial charge in [0.05, 0.1) is 0 Å². The van der Waals surface area contributed by atoms with Crippen LogP contribution in [-0.2, 0) is 9.59 Å². The van der Waals surface area contributed by atoms with E-state index < -0.39 is 11.9 Å². The van der Waals surface area contributed by atoms with Crippen molar-refractivity contribution in [1.29, 1.82) is 0 Å². The molecule has 0 amide bonds. The van der Waals surface area contributed by atoms with Gasteiger partial charge in [0.1, 0.15) is 0 Å². The van der Waals surface area contributed by atoms with E-state index in [4.69, 9.17) is 10.2 Å². The lowest BCUT2D eigenvalue weighted by atomic mass is 10.0. The molecule has 20 heavy (non-hydrogen) atoms. The molecule has 0 saturated carbocycles. The lowest BCUT2D eigenvalue weighted by Gasteiger charge is -2.02. The number of carbonyl (C=O) groups is 2. The van der Waals surface area contributed by atoms with Gasteiger partial charge in [0.2, 0.25) is 0 Å². The highest BCUT2D eigenvalue weighted by molar-refractivity contribution is 5.67. The van der Waals surface area contributed by atoms with Crippen LogP contribution in [0.5, 0.6) is 0 Å². The highest BCUT2D eigenvalue weighted by atomic mass is 16.4. The second kappa shape index (κ2) is 16.0. The molecule has 0 radical (unpaired) electrons. The van der Waals surface area contributed by atoms with E-state index in [9.17, 15) is 9.59 Å². The zero-order chi connectivity index (χ0) is 15.8. The third-order valence-electron chi connectivity index (χ3n) is 2.92. The molecule has 2 N–H and O–H groups in total. The van der Waals surface area contributed by atoms with Gasteiger partial charge in [0.15, 0.2) is 0 Å². The Hall–Kier alpha value is -1.06. The van der Waals surface area contributed by atoms with Crippen LogP contribution in [0.1, 0.15) is 85.0 Å². The fraction of sp³-hybridized carbons (Fsp3) is 0.875. The summed E-state index contributed by atoms with van der Waals surface area (Å²) in [5.74, 6) is -0.836. The van der Waals surface area contributed by atoms with Gasteiger partial charge in [-0.3, -0.25) is 9.59 Å². The minimum atomic E-state index is -0.870. The number of aliphatic carboxylic acids is 2. The Morgan fingerprint density at radius 2 is 1.25 bits per heavy atom. The van der Waals surface area contributed by atoms with Gasteiger partial charge in [-0.2, -0.15) is 0 Å². The second-order valence-electron chi connectivity index (χ2n) is 5.59. The molecule has 0 spiro atoms. The van der Waals surface area contributed by atoms with Crippen molar-refractivity contribution < 1.29 is 19.8 Å². The SMILES string of the molecule is CCCCCCCC(C)C.O=C(O)CCCCC(=O)O. The van der Waals surface area contributed by atoms with Crippen molar-refractivity contribution in [2.24, 2.45) is 5.92 Å². The number of carboxylic acid groups (broad SMARTS) is 2. The highest BCUT2D eigenvalue weighted by Crippen LogP contribution is 2.09. The summed E-state index contributed by atoms with van der Waals surface area (Å²) in [6, 6.07) is 0. The van der Waals surface area contributed by atoms with Crippen LogP contribution in [0.2, 0.25) is 0 Å². The molecule has 0 aliphatic carbocycles. The predicted octanol–water partition coefficient (Wildman–Crippen LogP) is 4.72. The predicted molar refractivity (Wildman–Crippen MR) is 82.0 cm³/mol. The van der Waals surface area contributed by atoms with Crippen LogP contribution in [-0.4, -0.2) is 22.2 Å². The van der Waals surface area contributed by atoms with Crippen LogP contribution in [0.15, 0.2) is 0 Å². The van der Waals surface area contributed by atoms with Crippen molar-refractivity contribution >= 4 is 11.9 Å². The monoisotopic (exact) mass is 288 g/mol. The molecule has 120 valence electrons. The maximum absolute atomic E-state index is 9.90. The minimum absolute atomic E-state index is 0.0628. The Bertz CT molecular complexity index is 221. The van der Waals surface area contributed by atoms with E-state index in [2.05, 4.69) is 20.8 Å². The smallest absolute Gasteiger partial charge is 0.303 e. The molecule has 0 unspecified atom stereocenters. The number of carboxylic acids is 2. The summed E-state index contributed by atoms with van der Waals surface area (Å²) in [6.07, 6.45) is 9.57. The first-order chi connectivity index (χ1) is 9.40. The molecular formula is C16H32O4. The molecule has 4 nitrogen and oxygen atoms in total. The second-order valence-corrected chi connectivity index (χ2v) is 5.59. The van der Waals surface area contributed by atoms with Crippen LogP contribution in [0.25, 0.3) is 0 Å². The molecule has 0 saturated heterocycles. The van der Waals surface area contributed by atoms with E-state index in [1.54, 1.807) is 0 Å². The molecule has 0 atom stereocenters. The largest absolute Gasteiger partial charge is 0.481 e. The van der Waals surface area contributed by atoms with Gasteiger partial charge in [-0.25, -0.2) is 0 Å². The van der Waals surface area contributed by atoms with Gasteiger partial charge < -0.3 is 10.2 Å². The fourth-order valence-electron chi connectivity index (χ4n) is 1.71. The lowest BCUT2D eigenvalue weighted by molar-refractivity contribution is -0.139. The number of hydrogen-bond acceptors (Lipinski definition) is 2. The first-order valence-electron chi connectivity index (χ1n) is 7.83. The third-order valence-corrected chi connectivity index (χ3v) is 2.92. The summed E-state index contributed by atoms with van der Waals surface area (Å²) < 4.78 is 0. The van der Waals surface area contributed by atoms with E-state index in [-0.39, 0.29) is 12.8 Å². The molecule has 0 aromatic carbocycles. The average Bonchev–Trinajstić information content (AvgIpc) is 2.34. The first kappa shape index (κ1) is 21.2. The van der Waals surface area contributed by atoms with Gasteiger partial charge in [0, 0.05) is 12.8 Å². The highest BCUT2D eigenvalue weighted by Gasteiger charge is 1.99. The molecule has 0 fully saturated rings. The number of rotatable bonds is 11. The maximum Gasteiger partial charge on any atom is 0.303 e. The van der Waals surface area contributed by atoms with Crippen LogP contribution < -0.4 is 0 Å². The molecule has 0 bridgehead atoms. The average molecular weight is 288 g/mol. The summed E-state index contributed by atoms with van der Waals surface area (Å²) >= 11 is 0. The minimum Gasteiger partial charge on any atom is -0.481 e. The maximum atomic E-state index is 9.90. The fourth-order valence-corrected chi connectivity index (χ4v) is 1.71. The van der Waals surface area contributed by atoms with Crippen LogP contribution in [0, 0.1) is 5.92 Å². The zero-order valence-electron chi connectivity index (χ0n) is 13.4. The molecule has 0 aliphatic rings. The van der Waals surface area contributed by atoms with Crippen LogP contribution in [0.4, 0.5) is 0 Å². The molecule has 4 heteroatoms. The summed E-state index contributed by atoms with van der Waals surface area (Å²) in [5, 5.41) is 16.3. The molecule has 0 rings (SSSR count). The zero-order valence-corrected chi connectivity index (χ0v) is 13.4. The Morgan fingerprint density at radius 3 is 1.60 bits per heavy atom. The Kier molecular flexibility index (Phi) is 17.0. The summed E-state index contributed by atoms with van der Waals surface area (Å²) in [6.45, 7) is 6.88. The summed E-state index contributed by atoms with van der Waals surface area (Å²) in [7, 11) is 0. The van der Waals surface area contributed by atoms with Crippen molar-refractivity contribution in [3.63, 3.8) is 0 Å². The molecule has 0 aromatic rings. The van der Waals surface area contributed by atoms with E-state index >= 15 is 0 Å². The third kappa shape index (κ3) is 25.7. The van der Waals surface area contributed by atoms with E-state index in [0.717, 1.165) is 5.92 Å². The number of hydrogen-bond donors (Lipinski definition) is 2. The standard InChI is InChI=1S/C10H22.C6H10O4/c1-4-5-6-7-8-9-10(2)3;7-5(8)3-1-2-4-6(9)10/h10H,4-9H2,1-3H3;1-4H2,(H,7,8)(H,9,10). The Labute approximate surface area is 123 Å². The van der Waals surface area contributed by atoms with Gasteiger partial charge in [-0.1, -0.05) is 59.3 Å². The van der Waals surface area contributed by atoms with E-state index in [1.807, 2.05) is 0 Å². The molecular weight excluding hydrogens is 256 g/mol. The first-order valence-corrected chi connectivity index (χ1v) is 7.83. The molecule has 0 heterocycles. The molecule has 0 aromatic heterocycles. The quantitative estimate of drug-likeness (QED) is 0.539. The van der Waals surface area contributed by atoms with Crippen LogP contribution >= 0.6 is 0 Å². The summed E-state index contributed by atoms with van der Waals surface area (Å²) in [4.78, 5) is 19.8. The van der Waals surface area contributed by atoms with Crippen molar-refractivity contribution in [3.8, 4) is 0 Å². The number of unbranched alkanes of at least 4 members (excludes halogenated alkanes) is 5. The Balaban J connectivity index is 0. The van der Waals surface area contributed by atoms with Gasteiger partial charge in [-0.15, -0.1) is 0 Å². The molecule has 0 aliphatic heterocycles. The van der Waals surface area contributed by atoms with Crippen molar-refractivity contribution in [1.82, 2.24) is 0 Å². The van der Waals surface area contributed by atoms with Gasteiger partial charge in [-0.05, 0) is 18.8 Å². The Morgan fingerprint density at radius 1 is 0.800 bits per heavy atom. The van der Waals surface area contributed by atoms with Gasteiger partial charge in [0.25, 0.3) is 0 Å². The van der Waals surface area contributed by atoms with E-state index in [0.29, 0.717) is 12.8 Å². The van der Waals surface area contributed by atoms with Gasteiger partial charge >= 0.3 is 11.9 Å². The van der Waals surface area contributed by atoms with Crippen molar-refractivity contribution in [2.75, 3.05) is 0 Å². The lowest BCUT2D eigenvalue weighted by Crippen LogP contribution is -1.97. The van der Waals surface area contributed by atoms with Crippen molar-refractivity contribution in [3.05, 3.63) is 0 Å². The normalized spacial score (nSPS) is 10.0. The van der Waals surface area contributed by atoms with Crippen molar-refractivity contribution in [2.45, 2.75) is 85.0 Å². The topological polar surface area (TPSA) is 74.6 Å². The summed E-state index contributed by atoms with van der Waals surface area (Å²) in [5.41, 5.74) is 0. The van der Waals surface area contributed by atoms with E-state index in [1.165, 1.54) is 38.5 Å².